The van der Waals surface area contributed by atoms with Gasteiger partial charge in [-0.15, -0.1) is 0 Å². The highest BCUT2D eigenvalue weighted by Gasteiger charge is 2.18. The van der Waals surface area contributed by atoms with Crippen molar-refractivity contribution in [2.24, 2.45) is 14.1 Å². The zero-order valence-electron chi connectivity index (χ0n) is 11.9. The summed E-state index contributed by atoms with van der Waals surface area (Å²) in [6.45, 7) is 5.77. The molecule has 0 saturated heterocycles. The van der Waals surface area contributed by atoms with Crippen LogP contribution in [0.3, 0.4) is 0 Å². The number of rotatable bonds is 3. The third-order valence-corrected chi connectivity index (χ3v) is 3.35. The van der Waals surface area contributed by atoms with Gasteiger partial charge in [-0.25, -0.2) is 0 Å². The Morgan fingerprint density at radius 3 is 2.53 bits per heavy atom. The summed E-state index contributed by atoms with van der Waals surface area (Å²) in [5, 5.41) is 11.3. The molecule has 2 rings (SSSR count). The van der Waals surface area contributed by atoms with E-state index in [1.165, 1.54) is 0 Å². The summed E-state index contributed by atoms with van der Waals surface area (Å²) >= 11 is 0. The van der Waals surface area contributed by atoms with Crippen LogP contribution >= 0.6 is 0 Å². The first-order valence-electron chi connectivity index (χ1n) is 6.19. The van der Waals surface area contributed by atoms with E-state index in [0.717, 1.165) is 17.0 Å². The van der Waals surface area contributed by atoms with Crippen LogP contribution in [-0.2, 0) is 14.1 Å². The number of aryl methyl sites for hydroxylation is 3. The smallest absolute Gasteiger partial charge is 0.255 e. The minimum absolute atomic E-state index is 0.0826. The van der Waals surface area contributed by atoms with E-state index < -0.39 is 0 Å². The van der Waals surface area contributed by atoms with Gasteiger partial charge in [-0.3, -0.25) is 14.2 Å². The lowest BCUT2D eigenvalue weighted by Gasteiger charge is -2.12. The lowest BCUT2D eigenvalue weighted by atomic mass is 10.1. The molecule has 0 saturated carbocycles. The molecule has 1 atom stereocenters. The molecule has 1 amide bonds. The van der Waals surface area contributed by atoms with Crippen molar-refractivity contribution in [3.63, 3.8) is 0 Å². The first kappa shape index (κ1) is 13.3. The highest BCUT2D eigenvalue weighted by atomic mass is 16.1. The fourth-order valence-corrected chi connectivity index (χ4v) is 2.12. The molecule has 1 N–H and O–H groups in total. The number of hydrogen-bond acceptors (Lipinski definition) is 3. The molecule has 0 spiro atoms. The second-order valence-electron chi connectivity index (χ2n) is 4.81. The third kappa shape index (κ3) is 2.52. The molecule has 0 aliphatic rings. The van der Waals surface area contributed by atoms with Crippen LogP contribution in [0.5, 0.6) is 0 Å². The number of amides is 1. The van der Waals surface area contributed by atoms with Gasteiger partial charge in [0.25, 0.3) is 5.91 Å². The van der Waals surface area contributed by atoms with Crippen LogP contribution < -0.4 is 5.32 Å². The topological polar surface area (TPSA) is 64.7 Å². The first-order valence-corrected chi connectivity index (χ1v) is 6.19. The molecule has 0 fully saturated rings. The van der Waals surface area contributed by atoms with Crippen molar-refractivity contribution >= 4 is 5.91 Å². The number of aromatic nitrogens is 4. The fraction of sp³-hybridized carbons (Fsp3) is 0.462. The Balaban J connectivity index is 2.15. The van der Waals surface area contributed by atoms with Gasteiger partial charge in [-0.2, -0.15) is 10.2 Å². The van der Waals surface area contributed by atoms with Crippen LogP contribution in [0.25, 0.3) is 0 Å². The highest BCUT2D eigenvalue weighted by Crippen LogP contribution is 2.16. The fourth-order valence-electron chi connectivity index (χ4n) is 2.12. The average molecular weight is 261 g/mol. The van der Waals surface area contributed by atoms with E-state index in [2.05, 4.69) is 15.5 Å². The summed E-state index contributed by atoms with van der Waals surface area (Å²) < 4.78 is 3.44. The minimum Gasteiger partial charge on any atom is -0.345 e. The van der Waals surface area contributed by atoms with Crippen molar-refractivity contribution in [1.82, 2.24) is 24.9 Å². The van der Waals surface area contributed by atoms with Gasteiger partial charge in [-0.1, -0.05) is 0 Å². The van der Waals surface area contributed by atoms with Gasteiger partial charge in [0.1, 0.15) is 0 Å². The Morgan fingerprint density at radius 2 is 2.05 bits per heavy atom. The molecule has 2 aromatic heterocycles. The number of nitrogens with one attached hydrogen (secondary N) is 1. The molecule has 0 aliphatic carbocycles. The molecule has 0 aromatic carbocycles. The van der Waals surface area contributed by atoms with Crippen LogP contribution in [0.1, 0.15) is 40.3 Å². The van der Waals surface area contributed by atoms with Crippen molar-refractivity contribution < 1.29 is 4.79 Å². The summed E-state index contributed by atoms with van der Waals surface area (Å²) in [5.74, 6) is -0.110. The van der Waals surface area contributed by atoms with Gasteiger partial charge in [0.2, 0.25) is 0 Å². The van der Waals surface area contributed by atoms with Crippen molar-refractivity contribution in [2.45, 2.75) is 26.8 Å². The molecule has 6 nitrogen and oxygen atoms in total. The van der Waals surface area contributed by atoms with Crippen molar-refractivity contribution in [1.29, 1.82) is 0 Å². The summed E-state index contributed by atoms with van der Waals surface area (Å²) in [4.78, 5) is 12.2. The van der Waals surface area contributed by atoms with E-state index in [4.69, 9.17) is 0 Å². The molecular weight excluding hydrogens is 242 g/mol. The standard InChI is InChI=1S/C13H19N5O/c1-8(12-7-17(4)16-9(12)2)15-13(19)11-6-14-18(5)10(11)3/h6-8H,1-5H3,(H,15,19). The van der Waals surface area contributed by atoms with E-state index in [1.54, 1.807) is 15.6 Å². The molecule has 0 radical (unpaired) electrons. The van der Waals surface area contributed by atoms with Crippen LogP contribution in [-0.4, -0.2) is 25.5 Å². The van der Waals surface area contributed by atoms with Crippen LogP contribution in [0.4, 0.5) is 0 Å². The molecule has 102 valence electrons. The SMILES string of the molecule is Cc1nn(C)cc1C(C)NC(=O)c1cnn(C)c1C. The molecule has 0 aliphatic heterocycles. The van der Waals surface area contributed by atoms with E-state index in [0.29, 0.717) is 5.56 Å². The monoisotopic (exact) mass is 261 g/mol. The van der Waals surface area contributed by atoms with Gasteiger partial charge in [-0.05, 0) is 20.8 Å². The lowest BCUT2D eigenvalue weighted by molar-refractivity contribution is 0.0939. The van der Waals surface area contributed by atoms with E-state index in [9.17, 15) is 4.79 Å². The van der Waals surface area contributed by atoms with Crippen molar-refractivity contribution in [2.75, 3.05) is 0 Å². The van der Waals surface area contributed by atoms with Gasteiger partial charge in [0, 0.05) is 31.5 Å². The lowest BCUT2D eigenvalue weighted by Crippen LogP contribution is -2.27. The molecule has 0 bridgehead atoms. The van der Waals surface area contributed by atoms with Crippen LogP contribution in [0.15, 0.2) is 12.4 Å². The van der Waals surface area contributed by atoms with E-state index >= 15 is 0 Å². The zero-order chi connectivity index (χ0) is 14.2. The Morgan fingerprint density at radius 1 is 1.37 bits per heavy atom. The largest absolute Gasteiger partial charge is 0.345 e. The summed E-state index contributed by atoms with van der Waals surface area (Å²) in [7, 11) is 3.69. The molecule has 6 heteroatoms. The Kier molecular flexibility index (Phi) is 3.42. The molecular formula is C13H19N5O. The molecule has 19 heavy (non-hydrogen) atoms. The normalized spacial score (nSPS) is 12.5. The van der Waals surface area contributed by atoms with Crippen LogP contribution in [0.2, 0.25) is 0 Å². The Bertz CT molecular complexity index is 611. The van der Waals surface area contributed by atoms with Crippen LogP contribution in [0, 0.1) is 13.8 Å². The Labute approximate surface area is 112 Å². The van der Waals surface area contributed by atoms with E-state index in [1.807, 2.05) is 41.1 Å². The molecule has 1 unspecified atom stereocenters. The quantitative estimate of drug-likeness (QED) is 0.904. The number of hydrogen-bond donors (Lipinski definition) is 1. The van der Waals surface area contributed by atoms with Gasteiger partial charge >= 0.3 is 0 Å². The highest BCUT2D eigenvalue weighted by molar-refractivity contribution is 5.95. The summed E-state index contributed by atoms with van der Waals surface area (Å²) in [6.07, 6.45) is 3.52. The summed E-state index contributed by atoms with van der Waals surface area (Å²) in [5.41, 5.74) is 3.42. The second kappa shape index (κ2) is 4.87. The maximum atomic E-state index is 12.2. The van der Waals surface area contributed by atoms with Crippen molar-refractivity contribution in [3.8, 4) is 0 Å². The maximum Gasteiger partial charge on any atom is 0.255 e. The first-order chi connectivity index (χ1) is 8.90. The predicted molar refractivity (Wildman–Crippen MR) is 71.8 cm³/mol. The summed E-state index contributed by atoms with van der Waals surface area (Å²) in [6, 6.07) is -0.0826. The van der Waals surface area contributed by atoms with Crippen molar-refractivity contribution in [3.05, 3.63) is 34.9 Å². The maximum absolute atomic E-state index is 12.2. The average Bonchev–Trinajstić information content (AvgIpc) is 2.83. The minimum atomic E-state index is -0.110. The number of nitrogens with zero attached hydrogens (tertiary/aromatic N) is 4. The van der Waals surface area contributed by atoms with Gasteiger partial charge < -0.3 is 5.32 Å². The van der Waals surface area contributed by atoms with Gasteiger partial charge in [0.05, 0.1) is 23.5 Å². The third-order valence-electron chi connectivity index (χ3n) is 3.35. The molecule has 2 aromatic rings. The number of carbonyl (C=O) groups is 1. The zero-order valence-corrected chi connectivity index (χ0v) is 11.9. The van der Waals surface area contributed by atoms with Gasteiger partial charge in [0.15, 0.2) is 0 Å². The molecule has 2 heterocycles. The second-order valence-corrected chi connectivity index (χ2v) is 4.81. The van der Waals surface area contributed by atoms with E-state index in [-0.39, 0.29) is 11.9 Å². The predicted octanol–water partition coefficient (Wildman–Crippen LogP) is 1.26. The number of carbonyl (C=O) groups excluding carboxylic acids is 1. The Hall–Kier alpha value is -2.11.